The van der Waals surface area contributed by atoms with E-state index in [0.717, 1.165) is 44.2 Å². The monoisotopic (exact) mass is 344 g/mol. The van der Waals surface area contributed by atoms with Crippen molar-refractivity contribution >= 4 is 11.9 Å². The number of benzene rings is 1. The predicted octanol–water partition coefficient (Wildman–Crippen LogP) is 2.33. The second-order valence-corrected chi connectivity index (χ2v) is 7.60. The minimum absolute atomic E-state index is 0.0763. The number of amides is 1. The Hall–Kier alpha value is -1.88. The van der Waals surface area contributed by atoms with Crippen LogP contribution < -0.4 is 5.32 Å². The molecule has 0 bridgehead atoms. The SMILES string of the molecule is CCN(CC(=O)O)C1CC(NC(=O)C2(C)CCCc3ccccc32)C1. The maximum atomic E-state index is 13.0. The van der Waals surface area contributed by atoms with Gasteiger partial charge >= 0.3 is 5.97 Å². The van der Waals surface area contributed by atoms with Gasteiger partial charge in [0.1, 0.15) is 0 Å². The Morgan fingerprint density at radius 3 is 2.72 bits per heavy atom. The lowest BCUT2D eigenvalue weighted by molar-refractivity contribution is -0.140. The maximum Gasteiger partial charge on any atom is 0.317 e. The molecule has 1 aromatic rings. The first kappa shape index (κ1) is 17.9. The third-order valence-electron chi connectivity index (χ3n) is 5.95. The molecular formula is C20H28N2O3. The Balaban J connectivity index is 1.60. The van der Waals surface area contributed by atoms with Crippen LogP contribution in [0.25, 0.3) is 0 Å². The lowest BCUT2D eigenvalue weighted by Gasteiger charge is -2.44. The second kappa shape index (κ2) is 7.16. The highest BCUT2D eigenvalue weighted by Crippen LogP contribution is 2.38. The van der Waals surface area contributed by atoms with E-state index in [2.05, 4.69) is 24.4 Å². The first-order valence-electron chi connectivity index (χ1n) is 9.29. The summed E-state index contributed by atoms with van der Waals surface area (Å²) in [4.78, 5) is 25.9. The molecule has 1 fully saturated rings. The molecule has 3 rings (SSSR count). The van der Waals surface area contributed by atoms with Crippen LogP contribution in [0, 0.1) is 0 Å². The van der Waals surface area contributed by atoms with Gasteiger partial charge in [0, 0.05) is 12.1 Å². The van der Waals surface area contributed by atoms with E-state index in [1.807, 2.05) is 24.0 Å². The van der Waals surface area contributed by atoms with Gasteiger partial charge in [0.25, 0.3) is 0 Å². The molecule has 2 N–H and O–H groups in total. The number of aryl methyl sites for hydroxylation is 1. The number of aliphatic carboxylic acids is 1. The summed E-state index contributed by atoms with van der Waals surface area (Å²) in [5, 5.41) is 12.2. The summed E-state index contributed by atoms with van der Waals surface area (Å²) in [6, 6.07) is 8.69. The minimum Gasteiger partial charge on any atom is -0.480 e. The number of carboxylic acids is 1. The van der Waals surface area contributed by atoms with Gasteiger partial charge < -0.3 is 10.4 Å². The molecule has 1 unspecified atom stereocenters. The molecule has 0 spiro atoms. The number of nitrogens with zero attached hydrogens (tertiary/aromatic N) is 1. The smallest absolute Gasteiger partial charge is 0.317 e. The molecule has 0 aromatic heterocycles. The van der Waals surface area contributed by atoms with E-state index in [9.17, 15) is 9.59 Å². The van der Waals surface area contributed by atoms with Crippen LogP contribution in [-0.4, -0.2) is 47.1 Å². The van der Waals surface area contributed by atoms with Crippen molar-refractivity contribution in [2.75, 3.05) is 13.1 Å². The van der Waals surface area contributed by atoms with E-state index in [1.54, 1.807) is 0 Å². The van der Waals surface area contributed by atoms with Gasteiger partial charge in [-0.1, -0.05) is 31.2 Å². The zero-order chi connectivity index (χ0) is 18.0. The highest BCUT2D eigenvalue weighted by atomic mass is 16.4. The van der Waals surface area contributed by atoms with Crippen LogP contribution in [0.3, 0.4) is 0 Å². The van der Waals surface area contributed by atoms with Gasteiger partial charge in [-0.25, -0.2) is 0 Å². The van der Waals surface area contributed by atoms with Gasteiger partial charge in [-0.3, -0.25) is 14.5 Å². The van der Waals surface area contributed by atoms with Gasteiger partial charge in [0.15, 0.2) is 0 Å². The van der Waals surface area contributed by atoms with Crippen LogP contribution >= 0.6 is 0 Å². The molecule has 136 valence electrons. The fraction of sp³-hybridized carbons (Fsp3) is 0.600. The third-order valence-corrected chi connectivity index (χ3v) is 5.95. The number of carbonyl (C=O) groups is 2. The van der Waals surface area contributed by atoms with Crippen molar-refractivity contribution in [3.05, 3.63) is 35.4 Å². The predicted molar refractivity (Wildman–Crippen MR) is 96.6 cm³/mol. The molecule has 2 aliphatic rings. The van der Waals surface area contributed by atoms with Gasteiger partial charge in [-0.15, -0.1) is 0 Å². The van der Waals surface area contributed by atoms with Crippen LogP contribution in [0.15, 0.2) is 24.3 Å². The number of nitrogens with one attached hydrogen (secondary N) is 1. The van der Waals surface area contributed by atoms with Crippen molar-refractivity contribution in [1.82, 2.24) is 10.2 Å². The zero-order valence-electron chi connectivity index (χ0n) is 15.1. The van der Waals surface area contributed by atoms with E-state index in [-0.39, 0.29) is 24.5 Å². The van der Waals surface area contributed by atoms with Crippen molar-refractivity contribution < 1.29 is 14.7 Å². The number of carbonyl (C=O) groups excluding carboxylic acids is 1. The number of hydrogen-bond donors (Lipinski definition) is 2. The molecule has 0 saturated heterocycles. The standard InChI is InChI=1S/C20H28N2O3/c1-3-22(13-18(23)24)16-11-15(12-16)21-19(25)20(2)10-6-8-14-7-4-5-9-17(14)20/h4-5,7,9,15-16H,3,6,8,10-13H2,1-2H3,(H,21,25)(H,23,24). The molecule has 0 radical (unpaired) electrons. The summed E-state index contributed by atoms with van der Waals surface area (Å²) >= 11 is 0. The van der Waals surface area contributed by atoms with Crippen LogP contribution in [0.4, 0.5) is 0 Å². The average Bonchev–Trinajstić information content (AvgIpc) is 2.56. The molecule has 1 aromatic carbocycles. The van der Waals surface area contributed by atoms with Crippen LogP contribution in [0.5, 0.6) is 0 Å². The molecule has 1 amide bonds. The second-order valence-electron chi connectivity index (χ2n) is 7.60. The molecule has 5 heteroatoms. The third kappa shape index (κ3) is 3.56. The van der Waals surface area contributed by atoms with Crippen molar-refractivity contribution in [1.29, 1.82) is 0 Å². The highest BCUT2D eigenvalue weighted by molar-refractivity contribution is 5.88. The highest BCUT2D eigenvalue weighted by Gasteiger charge is 2.42. The lowest BCUT2D eigenvalue weighted by Crippen LogP contribution is -2.57. The number of fused-ring (bicyclic) bond motifs is 1. The van der Waals surface area contributed by atoms with Crippen LogP contribution in [0.1, 0.15) is 50.7 Å². The number of hydrogen-bond acceptors (Lipinski definition) is 3. The Morgan fingerprint density at radius 1 is 1.32 bits per heavy atom. The fourth-order valence-electron chi connectivity index (χ4n) is 4.30. The van der Waals surface area contributed by atoms with E-state index >= 15 is 0 Å². The number of likely N-dealkylation sites (N-methyl/N-ethyl adjacent to an activating group) is 1. The number of rotatable bonds is 6. The normalized spacial score (nSPS) is 28.1. The molecule has 1 atom stereocenters. The van der Waals surface area contributed by atoms with E-state index in [1.165, 1.54) is 5.56 Å². The quantitative estimate of drug-likeness (QED) is 0.831. The zero-order valence-corrected chi connectivity index (χ0v) is 15.1. The Kier molecular flexibility index (Phi) is 5.13. The molecule has 0 heterocycles. The molecular weight excluding hydrogens is 316 g/mol. The first-order chi connectivity index (χ1) is 11.9. The Labute approximate surface area is 149 Å². The van der Waals surface area contributed by atoms with Crippen molar-refractivity contribution in [2.24, 2.45) is 0 Å². The van der Waals surface area contributed by atoms with Gasteiger partial charge in [-0.05, 0) is 56.7 Å². The van der Waals surface area contributed by atoms with Gasteiger partial charge in [-0.2, -0.15) is 0 Å². The minimum atomic E-state index is -0.791. The van der Waals surface area contributed by atoms with Crippen molar-refractivity contribution in [2.45, 2.75) is 63.5 Å². The molecule has 1 saturated carbocycles. The molecule has 5 nitrogen and oxygen atoms in total. The summed E-state index contributed by atoms with van der Waals surface area (Å²) < 4.78 is 0. The van der Waals surface area contributed by atoms with E-state index < -0.39 is 11.4 Å². The maximum absolute atomic E-state index is 13.0. The largest absolute Gasteiger partial charge is 0.480 e. The summed E-state index contributed by atoms with van der Waals surface area (Å²) in [5.41, 5.74) is 2.00. The van der Waals surface area contributed by atoms with Crippen molar-refractivity contribution in [3.63, 3.8) is 0 Å². The lowest BCUT2D eigenvalue weighted by atomic mass is 9.70. The Morgan fingerprint density at radius 2 is 2.04 bits per heavy atom. The van der Waals surface area contributed by atoms with Crippen molar-refractivity contribution in [3.8, 4) is 0 Å². The summed E-state index contributed by atoms with van der Waals surface area (Å²) in [6.07, 6.45) is 4.64. The number of carboxylic acid groups (broad SMARTS) is 1. The van der Waals surface area contributed by atoms with Crippen LogP contribution in [0.2, 0.25) is 0 Å². The van der Waals surface area contributed by atoms with Gasteiger partial charge in [0.05, 0.1) is 12.0 Å². The average molecular weight is 344 g/mol. The van der Waals surface area contributed by atoms with Crippen LogP contribution in [-0.2, 0) is 21.4 Å². The Bertz CT molecular complexity index is 654. The van der Waals surface area contributed by atoms with Gasteiger partial charge in [0.2, 0.25) is 5.91 Å². The molecule has 25 heavy (non-hydrogen) atoms. The first-order valence-corrected chi connectivity index (χ1v) is 9.29. The molecule has 0 aliphatic heterocycles. The summed E-state index contributed by atoms with van der Waals surface area (Å²) in [5.74, 6) is -0.676. The summed E-state index contributed by atoms with van der Waals surface area (Å²) in [7, 11) is 0. The fourth-order valence-corrected chi connectivity index (χ4v) is 4.30. The summed E-state index contributed by atoms with van der Waals surface area (Å²) in [6.45, 7) is 4.84. The van der Waals surface area contributed by atoms with E-state index in [0.29, 0.717) is 0 Å². The van der Waals surface area contributed by atoms with E-state index in [4.69, 9.17) is 5.11 Å². The molecule has 2 aliphatic carbocycles. The topological polar surface area (TPSA) is 69.6 Å².